The third-order valence-corrected chi connectivity index (χ3v) is 8.60. The molecule has 59 heavy (non-hydrogen) atoms. The molecule has 6 amide bonds. The second-order valence-corrected chi connectivity index (χ2v) is 14.9. The first-order chi connectivity index (χ1) is 27.5. The fourth-order valence-corrected chi connectivity index (χ4v) is 5.63. The summed E-state index contributed by atoms with van der Waals surface area (Å²) in [6, 6.07) is -3.59. The van der Waals surface area contributed by atoms with Crippen LogP contribution in [0.2, 0.25) is 0 Å². The normalized spacial score (nSPS) is 14.2. The lowest BCUT2D eigenvalue weighted by molar-refractivity contribution is -0.138. The van der Waals surface area contributed by atoms with Crippen molar-refractivity contribution in [2.24, 2.45) is 33.8 Å². The number of phosphoric acid groups is 1. The van der Waals surface area contributed by atoms with E-state index in [-0.39, 0.29) is 81.0 Å². The number of aliphatic imine (C=N–C) groups is 1. The van der Waals surface area contributed by atoms with Crippen LogP contribution in [0.4, 0.5) is 0 Å². The Labute approximate surface area is 339 Å². The maximum Gasteiger partial charge on any atom is 0.524 e. The standard InChI is InChI=1S/C34H55N10O14P/c1-18(2)14-22(35)29(50)41-24(10-11-27(36)47)31(52)42-23(4-3-13-39-34(37)38)30(51)43-25(15-19-5-8-21(9-6-19)58-59(55,56)57)32(53)44-26(17-46)33(54)40-20(16-45)7-12-28(48)49/h5-6,8-9,16,18,20,22-26,46H,3-4,7,10-15,17,35H2,1-2H3,(H2,36,47)(H,40,54)(H,41,50)(H,42,52)(H,43,51)(H,44,53)(H,48,49)(H4,37,38,39)(H2,55,56,57)/t20-,22-,23-,24-,25-,26-/m0/s1. The molecular weight excluding hydrogens is 803 g/mol. The summed E-state index contributed by atoms with van der Waals surface area (Å²) in [6.45, 7) is 2.63. The van der Waals surface area contributed by atoms with Crippen molar-refractivity contribution in [2.45, 2.75) is 101 Å². The SMILES string of the molecule is CC(C)C[C@H](N)C(=O)N[C@@H](CCC(N)=O)C(=O)N[C@@H](CCCN=C(N)N)C(=O)N[C@@H](Cc1ccc(OP(=O)(O)O)cc1)C(=O)N[C@@H](CO)C(=O)N[C@H](C=O)CCC(=O)O. The zero-order valence-electron chi connectivity index (χ0n) is 32.6. The van der Waals surface area contributed by atoms with E-state index in [0.717, 1.165) is 12.1 Å². The minimum atomic E-state index is -4.93. The predicted molar refractivity (Wildman–Crippen MR) is 208 cm³/mol. The number of nitrogens with one attached hydrogen (secondary N) is 5. The molecular formula is C34H55N10O14P. The van der Waals surface area contributed by atoms with Gasteiger partial charge >= 0.3 is 13.8 Å². The molecule has 24 nitrogen and oxygen atoms in total. The van der Waals surface area contributed by atoms with Gasteiger partial charge in [-0.25, -0.2) is 4.57 Å². The Morgan fingerprint density at radius 1 is 0.780 bits per heavy atom. The lowest BCUT2D eigenvalue weighted by Crippen LogP contribution is -2.60. The van der Waals surface area contributed by atoms with Gasteiger partial charge in [-0.2, -0.15) is 0 Å². The average Bonchev–Trinajstić information content (AvgIpc) is 3.13. The summed E-state index contributed by atoms with van der Waals surface area (Å²) >= 11 is 0. The second kappa shape index (κ2) is 25.6. The number of benzene rings is 1. The largest absolute Gasteiger partial charge is 0.524 e. The van der Waals surface area contributed by atoms with Crippen LogP contribution < -0.4 is 54.0 Å². The lowest BCUT2D eigenvalue weighted by atomic mass is 10.0. The third kappa shape index (κ3) is 21.6. The number of carboxylic acid groups (broad SMARTS) is 1. The maximum absolute atomic E-state index is 14.0. The highest BCUT2D eigenvalue weighted by atomic mass is 31.2. The summed E-state index contributed by atoms with van der Waals surface area (Å²) in [5, 5.41) is 30.8. The minimum Gasteiger partial charge on any atom is -0.481 e. The smallest absolute Gasteiger partial charge is 0.481 e. The molecule has 1 aromatic rings. The number of aliphatic hydroxyl groups is 1. The van der Waals surface area contributed by atoms with Crippen LogP contribution >= 0.6 is 7.82 Å². The molecule has 1 aromatic carbocycles. The van der Waals surface area contributed by atoms with Crippen LogP contribution in [0.3, 0.4) is 0 Å². The van der Waals surface area contributed by atoms with Crippen molar-refractivity contribution in [1.82, 2.24) is 26.6 Å². The van der Waals surface area contributed by atoms with E-state index in [1.54, 1.807) is 0 Å². The zero-order chi connectivity index (χ0) is 44.9. The number of carbonyl (C=O) groups is 8. The Hall–Kier alpha value is -5.68. The van der Waals surface area contributed by atoms with Crippen molar-refractivity contribution in [3.05, 3.63) is 29.8 Å². The van der Waals surface area contributed by atoms with Gasteiger partial charge in [-0.15, -0.1) is 0 Å². The van der Waals surface area contributed by atoms with Gasteiger partial charge in [-0.05, 0) is 55.7 Å². The number of hydrogen-bond donors (Lipinski definition) is 13. The van der Waals surface area contributed by atoms with Gasteiger partial charge in [0.15, 0.2) is 5.96 Å². The van der Waals surface area contributed by atoms with Gasteiger partial charge in [-0.1, -0.05) is 26.0 Å². The highest BCUT2D eigenvalue weighted by molar-refractivity contribution is 7.46. The molecule has 0 saturated heterocycles. The zero-order valence-corrected chi connectivity index (χ0v) is 33.5. The molecule has 1 rings (SSSR count). The van der Waals surface area contributed by atoms with E-state index in [1.165, 1.54) is 12.1 Å². The van der Waals surface area contributed by atoms with Crippen LogP contribution in [0.15, 0.2) is 29.3 Å². The highest BCUT2D eigenvalue weighted by Gasteiger charge is 2.33. The van der Waals surface area contributed by atoms with E-state index in [1.807, 2.05) is 13.8 Å². The van der Waals surface area contributed by atoms with Gasteiger partial charge in [0.2, 0.25) is 35.4 Å². The summed E-state index contributed by atoms with van der Waals surface area (Å²) in [4.78, 5) is 123. The van der Waals surface area contributed by atoms with E-state index in [0.29, 0.717) is 0 Å². The maximum atomic E-state index is 14.0. The first kappa shape index (κ1) is 51.3. The van der Waals surface area contributed by atoms with Crippen LogP contribution in [-0.4, -0.2) is 123 Å². The molecule has 0 unspecified atom stereocenters. The Morgan fingerprint density at radius 3 is 1.81 bits per heavy atom. The number of guanidine groups is 1. The monoisotopic (exact) mass is 858 g/mol. The van der Waals surface area contributed by atoms with Crippen LogP contribution in [0, 0.1) is 5.92 Å². The molecule has 0 radical (unpaired) electrons. The van der Waals surface area contributed by atoms with E-state index in [9.17, 15) is 48.0 Å². The molecule has 0 saturated carbocycles. The number of aldehydes is 1. The number of phosphoric ester groups is 1. The summed E-state index contributed by atoms with van der Waals surface area (Å²) < 4.78 is 15.8. The van der Waals surface area contributed by atoms with Crippen molar-refractivity contribution >= 4 is 61.5 Å². The first-order valence-electron chi connectivity index (χ1n) is 18.3. The summed E-state index contributed by atoms with van der Waals surface area (Å²) in [7, 11) is -4.93. The van der Waals surface area contributed by atoms with E-state index in [2.05, 4.69) is 36.1 Å². The van der Waals surface area contributed by atoms with Crippen molar-refractivity contribution in [3.63, 3.8) is 0 Å². The molecule has 330 valence electrons. The number of amides is 6. The molecule has 0 aromatic heterocycles. The molecule has 0 aliphatic carbocycles. The minimum absolute atomic E-state index is 0.0115. The van der Waals surface area contributed by atoms with E-state index >= 15 is 0 Å². The summed E-state index contributed by atoms with van der Waals surface area (Å²) in [5.74, 6) is -7.31. The Balaban J connectivity index is 3.53. The number of primary amides is 1. The van der Waals surface area contributed by atoms with E-state index < -0.39 is 98.5 Å². The molecule has 0 aliphatic heterocycles. The summed E-state index contributed by atoms with van der Waals surface area (Å²) in [6.07, 6.45) is -1.33. The lowest BCUT2D eigenvalue weighted by Gasteiger charge is -2.27. The third-order valence-electron chi connectivity index (χ3n) is 8.15. The number of nitrogens with two attached hydrogens (primary N) is 4. The fraction of sp³-hybridized carbons (Fsp3) is 0.559. The quantitative estimate of drug-likeness (QED) is 0.0125. The molecule has 0 aliphatic rings. The topological polar surface area (TPSA) is 420 Å². The predicted octanol–water partition coefficient (Wildman–Crippen LogP) is -4.13. The molecule has 0 bridgehead atoms. The van der Waals surface area contributed by atoms with Crippen molar-refractivity contribution in [1.29, 1.82) is 0 Å². The molecule has 0 fully saturated rings. The van der Waals surface area contributed by atoms with Crippen LogP contribution in [-0.2, 0) is 49.3 Å². The number of nitrogens with zero attached hydrogens (tertiary/aromatic N) is 1. The van der Waals surface area contributed by atoms with Crippen molar-refractivity contribution < 1.29 is 67.4 Å². The van der Waals surface area contributed by atoms with Gasteiger partial charge in [0.05, 0.1) is 18.7 Å². The van der Waals surface area contributed by atoms with Gasteiger partial charge in [0.1, 0.15) is 36.2 Å². The van der Waals surface area contributed by atoms with Crippen LogP contribution in [0.1, 0.15) is 64.4 Å². The molecule has 25 heteroatoms. The Morgan fingerprint density at radius 2 is 1.31 bits per heavy atom. The van der Waals surface area contributed by atoms with Crippen molar-refractivity contribution in [3.8, 4) is 5.75 Å². The fourth-order valence-electron chi connectivity index (χ4n) is 5.24. The van der Waals surface area contributed by atoms with Gasteiger partial charge < -0.3 is 69.0 Å². The first-order valence-corrected chi connectivity index (χ1v) is 19.8. The highest BCUT2D eigenvalue weighted by Crippen LogP contribution is 2.37. The van der Waals surface area contributed by atoms with Gasteiger partial charge in [0.25, 0.3) is 0 Å². The van der Waals surface area contributed by atoms with Gasteiger partial charge in [-0.3, -0.25) is 48.3 Å². The number of aliphatic hydroxyl groups excluding tert-OH is 1. The average molecular weight is 859 g/mol. The number of hydrogen-bond acceptors (Lipinski definition) is 13. The molecule has 0 heterocycles. The van der Waals surface area contributed by atoms with Gasteiger partial charge in [0, 0.05) is 25.8 Å². The van der Waals surface area contributed by atoms with Crippen LogP contribution in [0.25, 0.3) is 0 Å². The Kier molecular flexibility index (Phi) is 22.3. The summed E-state index contributed by atoms with van der Waals surface area (Å²) in [5.41, 5.74) is 22.4. The van der Waals surface area contributed by atoms with Crippen molar-refractivity contribution in [2.75, 3.05) is 13.2 Å². The second-order valence-electron chi connectivity index (χ2n) is 13.7. The van der Waals surface area contributed by atoms with Crippen LogP contribution in [0.5, 0.6) is 5.75 Å². The Bertz CT molecular complexity index is 1690. The number of carbonyl (C=O) groups excluding carboxylic acids is 7. The van der Waals surface area contributed by atoms with E-state index in [4.69, 9.17) is 37.8 Å². The number of carboxylic acids is 1. The molecule has 17 N–H and O–H groups in total. The number of aliphatic carboxylic acids is 1. The molecule has 0 spiro atoms. The number of rotatable bonds is 28. The molecule has 6 atom stereocenters.